The van der Waals surface area contributed by atoms with Gasteiger partial charge in [0.05, 0.1) is 11.5 Å². The standard InChI is InChI=1S/C12H10N2O4/c1-8-6-11(15)13(12(8)16)7-9-2-4-10(5-3-9)14(17)18/h2-6H,7H2,1H3. The predicted octanol–water partition coefficient (Wildman–Crippen LogP) is 1.41. The highest BCUT2D eigenvalue weighted by molar-refractivity contribution is 6.15. The predicted molar refractivity (Wildman–Crippen MR) is 62.4 cm³/mol. The maximum Gasteiger partial charge on any atom is 0.269 e. The quantitative estimate of drug-likeness (QED) is 0.458. The average molecular weight is 246 g/mol. The Morgan fingerprint density at radius 2 is 1.83 bits per heavy atom. The number of hydrogen-bond acceptors (Lipinski definition) is 4. The zero-order valence-corrected chi connectivity index (χ0v) is 9.62. The molecule has 1 aliphatic rings. The average Bonchev–Trinajstić information content (AvgIpc) is 2.57. The number of nitro groups is 1. The summed E-state index contributed by atoms with van der Waals surface area (Å²) in [7, 11) is 0. The van der Waals surface area contributed by atoms with Crippen LogP contribution in [-0.2, 0) is 16.1 Å². The van der Waals surface area contributed by atoms with Crippen molar-refractivity contribution in [3.63, 3.8) is 0 Å². The van der Waals surface area contributed by atoms with Crippen LogP contribution in [0.4, 0.5) is 5.69 Å². The van der Waals surface area contributed by atoms with E-state index in [0.29, 0.717) is 11.1 Å². The molecule has 6 heteroatoms. The van der Waals surface area contributed by atoms with Gasteiger partial charge >= 0.3 is 0 Å². The van der Waals surface area contributed by atoms with Gasteiger partial charge < -0.3 is 0 Å². The topological polar surface area (TPSA) is 80.5 Å². The van der Waals surface area contributed by atoms with E-state index >= 15 is 0 Å². The van der Waals surface area contributed by atoms with Crippen LogP contribution in [0.25, 0.3) is 0 Å². The SMILES string of the molecule is CC1=CC(=O)N(Cc2ccc([N+](=O)[O-])cc2)C1=O. The summed E-state index contributed by atoms with van der Waals surface area (Å²) in [5.41, 5.74) is 1.06. The van der Waals surface area contributed by atoms with Gasteiger partial charge in [0, 0.05) is 23.8 Å². The van der Waals surface area contributed by atoms with Gasteiger partial charge in [-0.15, -0.1) is 0 Å². The van der Waals surface area contributed by atoms with Gasteiger partial charge in [-0.3, -0.25) is 24.6 Å². The molecule has 0 atom stereocenters. The Morgan fingerprint density at radius 3 is 2.28 bits per heavy atom. The summed E-state index contributed by atoms with van der Waals surface area (Å²) < 4.78 is 0. The Hall–Kier alpha value is -2.50. The molecule has 18 heavy (non-hydrogen) atoms. The van der Waals surface area contributed by atoms with Gasteiger partial charge in [-0.25, -0.2) is 0 Å². The van der Waals surface area contributed by atoms with Crippen molar-refractivity contribution in [2.45, 2.75) is 13.5 Å². The van der Waals surface area contributed by atoms with E-state index in [1.54, 1.807) is 6.92 Å². The van der Waals surface area contributed by atoms with Crippen LogP contribution in [-0.4, -0.2) is 21.6 Å². The number of carbonyl (C=O) groups is 2. The minimum absolute atomic E-state index is 0.0212. The van der Waals surface area contributed by atoms with Crippen LogP contribution in [0.5, 0.6) is 0 Å². The van der Waals surface area contributed by atoms with Gasteiger partial charge in [0.2, 0.25) is 0 Å². The Labute approximate surface area is 103 Å². The molecule has 92 valence electrons. The highest BCUT2D eigenvalue weighted by atomic mass is 16.6. The summed E-state index contributed by atoms with van der Waals surface area (Å²) in [6.45, 7) is 1.71. The molecule has 0 N–H and O–H groups in total. The molecule has 1 aliphatic heterocycles. The summed E-state index contributed by atoms with van der Waals surface area (Å²) in [4.78, 5) is 34.2. The minimum Gasteiger partial charge on any atom is -0.271 e. The van der Waals surface area contributed by atoms with Gasteiger partial charge in [-0.2, -0.15) is 0 Å². The van der Waals surface area contributed by atoms with Crippen molar-refractivity contribution >= 4 is 17.5 Å². The second-order valence-corrected chi connectivity index (χ2v) is 3.98. The van der Waals surface area contributed by atoms with Crippen molar-refractivity contribution in [1.82, 2.24) is 4.90 Å². The van der Waals surface area contributed by atoms with E-state index in [0.717, 1.165) is 4.90 Å². The monoisotopic (exact) mass is 246 g/mol. The van der Waals surface area contributed by atoms with Crippen LogP contribution < -0.4 is 0 Å². The fourth-order valence-corrected chi connectivity index (χ4v) is 1.69. The number of amides is 2. The number of carbonyl (C=O) groups excluding carboxylic acids is 2. The smallest absolute Gasteiger partial charge is 0.269 e. The number of non-ortho nitro benzene ring substituents is 1. The third kappa shape index (κ3) is 2.13. The molecular weight excluding hydrogens is 236 g/mol. The van der Waals surface area contributed by atoms with Crippen molar-refractivity contribution in [1.29, 1.82) is 0 Å². The fourth-order valence-electron chi connectivity index (χ4n) is 1.69. The zero-order valence-electron chi connectivity index (χ0n) is 9.62. The van der Waals surface area contributed by atoms with Crippen molar-refractivity contribution in [2.75, 3.05) is 0 Å². The second kappa shape index (κ2) is 4.40. The van der Waals surface area contributed by atoms with Crippen LogP contribution in [0.2, 0.25) is 0 Å². The lowest BCUT2D eigenvalue weighted by Crippen LogP contribution is -2.30. The lowest BCUT2D eigenvalue weighted by atomic mass is 10.2. The maximum atomic E-state index is 11.6. The van der Waals surface area contributed by atoms with E-state index in [1.165, 1.54) is 30.3 Å². The van der Waals surface area contributed by atoms with Crippen molar-refractivity contribution in [3.8, 4) is 0 Å². The third-order valence-corrected chi connectivity index (χ3v) is 2.68. The molecular formula is C12H10N2O4. The van der Waals surface area contributed by atoms with Crippen LogP contribution in [0.15, 0.2) is 35.9 Å². The fraction of sp³-hybridized carbons (Fsp3) is 0.167. The highest BCUT2D eigenvalue weighted by Gasteiger charge is 2.28. The number of hydrogen-bond donors (Lipinski definition) is 0. The summed E-state index contributed by atoms with van der Waals surface area (Å²) in [6.07, 6.45) is 1.29. The van der Waals surface area contributed by atoms with Gasteiger partial charge in [0.15, 0.2) is 0 Å². The van der Waals surface area contributed by atoms with Gasteiger partial charge in [-0.05, 0) is 12.5 Å². The van der Waals surface area contributed by atoms with Crippen LogP contribution in [0, 0.1) is 10.1 Å². The first-order chi connectivity index (χ1) is 8.49. The molecule has 0 aliphatic carbocycles. The highest BCUT2D eigenvalue weighted by Crippen LogP contribution is 2.18. The Balaban J connectivity index is 2.13. The Bertz CT molecular complexity index is 560. The van der Waals surface area contributed by atoms with Crippen LogP contribution in [0.3, 0.4) is 0 Å². The summed E-state index contributed by atoms with van der Waals surface area (Å²) in [5, 5.41) is 10.5. The number of nitrogens with zero attached hydrogens (tertiary/aromatic N) is 2. The van der Waals surface area contributed by atoms with Crippen LogP contribution >= 0.6 is 0 Å². The summed E-state index contributed by atoms with van der Waals surface area (Å²) in [6, 6.07) is 5.76. The van der Waals surface area contributed by atoms with E-state index in [4.69, 9.17) is 0 Å². The molecule has 0 radical (unpaired) electrons. The normalized spacial score (nSPS) is 14.9. The molecule has 0 aromatic heterocycles. The molecule has 0 saturated carbocycles. The van der Waals surface area contributed by atoms with Gasteiger partial charge in [0.1, 0.15) is 0 Å². The van der Waals surface area contributed by atoms with Crippen LogP contribution in [0.1, 0.15) is 12.5 Å². The molecule has 1 aromatic carbocycles. The summed E-state index contributed by atoms with van der Waals surface area (Å²) in [5.74, 6) is -0.672. The van der Waals surface area contributed by atoms with E-state index in [1.807, 2.05) is 0 Å². The Morgan fingerprint density at radius 1 is 1.22 bits per heavy atom. The first-order valence-electron chi connectivity index (χ1n) is 5.26. The second-order valence-electron chi connectivity index (χ2n) is 3.98. The molecule has 0 spiro atoms. The molecule has 2 rings (SSSR count). The largest absolute Gasteiger partial charge is 0.271 e. The molecule has 1 heterocycles. The molecule has 2 amide bonds. The number of benzene rings is 1. The molecule has 6 nitrogen and oxygen atoms in total. The van der Waals surface area contributed by atoms with E-state index in [-0.39, 0.29) is 24.0 Å². The molecule has 0 saturated heterocycles. The molecule has 1 aromatic rings. The van der Waals surface area contributed by atoms with Crippen molar-refractivity contribution < 1.29 is 14.5 Å². The number of imide groups is 1. The minimum atomic E-state index is -0.498. The summed E-state index contributed by atoms with van der Waals surface area (Å²) >= 11 is 0. The van der Waals surface area contributed by atoms with E-state index in [2.05, 4.69) is 0 Å². The lowest BCUT2D eigenvalue weighted by Gasteiger charge is -2.14. The lowest BCUT2D eigenvalue weighted by molar-refractivity contribution is -0.384. The number of rotatable bonds is 3. The van der Waals surface area contributed by atoms with Crippen molar-refractivity contribution in [2.24, 2.45) is 0 Å². The Kier molecular flexibility index (Phi) is 2.93. The first-order valence-corrected chi connectivity index (χ1v) is 5.26. The third-order valence-electron chi connectivity index (χ3n) is 2.68. The molecule has 0 unspecified atom stereocenters. The number of nitro benzene ring substituents is 1. The van der Waals surface area contributed by atoms with Crippen molar-refractivity contribution in [3.05, 3.63) is 51.6 Å². The van der Waals surface area contributed by atoms with E-state index in [9.17, 15) is 19.7 Å². The van der Waals surface area contributed by atoms with E-state index < -0.39 is 4.92 Å². The van der Waals surface area contributed by atoms with Gasteiger partial charge in [-0.1, -0.05) is 12.1 Å². The molecule has 0 fully saturated rings. The van der Waals surface area contributed by atoms with Gasteiger partial charge in [0.25, 0.3) is 17.5 Å². The first kappa shape index (κ1) is 12.0. The maximum absolute atomic E-state index is 11.6. The molecule has 0 bridgehead atoms. The zero-order chi connectivity index (χ0) is 13.3.